The van der Waals surface area contributed by atoms with Gasteiger partial charge < -0.3 is 19.3 Å². The molecule has 2 heterocycles. The van der Waals surface area contributed by atoms with Crippen molar-refractivity contribution in [1.82, 2.24) is 0 Å². The molecule has 2 aliphatic heterocycles. The maximum absolute atomic E-state index is 5.78. The molecule has 0 saturated carbocycles. The first kappa shape index (κ1) is 64.5. The van der Waals surface area contributed by atoms with Crippen molar-refractivity contribution in [3.63, 3.8) is 0 Å². The zero-order valence-corrected chi connectivity index (χ0v) is 59.8. The molecule has 0 amide bonds. The van der Waals surface area contributed by atoms with Gasteiger partial charge in [0.1, 0.15) is 0 Å². The fraction of sp³-hybridized carbons (Fsp3) is 0.226. The Kier molecular flexibility index (Phi) is 16.7. The summed E-state index contributed by atoms with van der Waals surface area (Å²) in [7, 11) is 0. The van der Waals surface area contributed by atoms with Crippen LogP contribution in [0, 0.1) is 5.41 Å². The van der Waals surface area contributed by atoms with E-state index in [1.807, 2.05) is 23.5 Å². The van der Waals surface area contributed by atoms with Crippen LogP contribution in [0.2, 0.25) is 0 Å². The Morgan fingerprint density at radius 1 is 0.333 bits per heavy atom. The second-order valence-corrected chi connectivity index (χ2v) is 32.5. The average molecular weight is 1330 g/mol. The van der Waals surface area contributed by atoms with Crippen LogP contribution in [0.25, 0.3) is 33.4 Å². The van der Waals surface area contributed by atoms with Crippen LogP contribution in [-0.4, -0.2) is 36.9 Å². The van der Waals surface area contributed by atoms with Crippen LogP contribution < -0.4 is 9.80 Å². The quantitative estimate of drug-likeness (QED) is 0.0794. The second kappa shape index (κ2) is 25.5. The highest BCUT2D eigenvalue weighted by Crippen LogP contribution is 2.60. The van der Waals surface area contributed by atoms with Gasteiger partial charge in [-0.3, -0.25) is 0 Å². The summed E-state index contributed by atoms with van der Waals surface area (Å²) in [6, 6.07) is 111. The fourth-order valence-corrected chi connectivity index (χ4v) is 18.4. The molecule has 2 fully saturated rings. The highest BCUT2D eigenvalue weighted by Gasteiger charge is 2.49. The lowest BCUT2D eigenvalue weighted by Crippen LogP contribution is -2.45. The molecule has 0 aromatic heterocycles. The standard InChI is InChI=1S/C93H86N2O2S2/c1-9-90(59-96-60-90)63-98-78-51-41-70(42-52-78)92(68-37-33-66(34-38-68)88(3,4)5)84-27-19-17-25-80(84)82-55-49-76(57-86(82)92)94(72-21-13-11-14-22-72)74-45-29-64(30-46-74)65-31-47-75(48-32-65)95(73-23-15-12-16-24-73)77-50-56-83-81-26-18-20-28-85(81)93(87(83)58-77,69-39-35-67(36-40-69)89(6,7)8)71-43-53-79(54-44-71)99-91(10-2)61-97-62-91/h11-58H,9-10,59-63H2,1-8H3. The normalized spacial score (nSPS) is 17.7. The number of thioether (sulfide) groups is 2. The minimum Gasteiger partial charge on any atom is -0.380 e. The number of nitrogens with zero attached hydrogens (tertiary/aromatic N) is 2. The summed E-state index contributed by atoms with van der Waals surface area (Å²) in [5.41, 5.74) is 25.9. The number of benzene rings is 12. The highest BCUT2D eigenvalue weighted by atomic mass is 32.2. The fourth-order valence-electron chi connectivity index (χ4n) is 16.0. The van der Waals surface area contributed by atoms with E-state index in [9.17, 15) is 0 Å². The van der Waals surface area contributed by atoms with E-state index < -0.39 is 10.8 Å². The Hall–Kier alpha value is -9.14. The summed E-state index contributed by atoms with van der Waals surface area (Å²) in [6.45, 7) is 21.7. The number of hydrogen-bond donors (Lipinski definition) is 0. The lowest BCUT2D eigenvalue weighted by Gasteiger charge is -2.40. The van der Waals surface area contributed by atoms with E-state index in [0.29, 0.717) is 0 Å². The highest BCUT2D eigenvalue weighted by molar-refractivity contribution is 8.00. The summed E-state index contributed by atoms with van der Waals surface area (Å²) in [6.07, 6.45) is 2.21. The number of ether oxygens (including phenoxy) is 2. The molecule has 4 aliphatic rings. The number of hydrogen-bond acceptors (Lipinski definition) is 6. The van der Waals surface area contributed by atoms with E-state index in [-0.39, 0.29) is 21.0 Å². The van der Waals surface area contributed by atoms with E-state index in [0.717, 1.165) is 90.3 Å². The Morgan fingerprint density at radius 3 is 1.05 bits per heavy atom. The molecule has 0 radical (unpaired) electrons. The topological polar surface area (TPSA) is 24.9 Å². The van der Waals surface area contributed by atoms with Crippen molar-refractivity contribution >= 4 is 57.6 Å². The van der Waals surface area contributed by atoms with E-state index in [2.05, 4.69) is 356 Å². The molecule has 2 aliphatic carbocycles. The van der Waals surface area contributed by atoms with Crippen molar-refractivity contribution in [2.45, 2.75) is 104 Å². The molecule has 0 spiro atoms. The van der Waals surface area contributed by atoms with E-state index >= 15 is 0 Å². The lowest BCUT2D eigenvalue weighted by molar-refractivity contribution is -0.0994. The zero-order chi connectivity index (χ0) is 67.7. The molecule has 0 bridgehead atoms. The number of para-hydroxylation sites is 2. The third kappa shape index (κ3) is 11.3. The molecule has 2 unspecified atom stereocenters. The molecule has 12 aromatic carbocycles. The first-order chi connectivity index (χ1) is 48.1. The molecule has 492 valence electrons. The summed E-state index contributed by atoms with van der Waals surface area (Å²) in [5, 5.41) is 0. The van der Waals surface area contributed by atoms with Crippen molar-refractivity contribution in [1.29, 1.82) is 0 Å². The Bertz CT molecular complexity index is 4880. The Morgan fingerprint density at radius 2 is 0.687 bits per heavy atom. The van der Waals surface area contributed by atoms with Gasteiger partial charge in [0.15, 0.2) is 0 Å². The molecule has 12 aromatic rings. The van der Waals surface area contributed by atoms with Gasteiger partial charge in [0.25, 0.3) is 0 Å². The van der Waals surface area contributed by atoms with Gasteiger partial charge in [0, 0.05) is 55.1 Å². The van der Waals surface area contributed by atoms with Gasteiger partial charge in [0.05, 0.1) is 42.0 Å². The smallest absolute Gasteiger partial charge is 0.0714 e. The van der Waals surface area contributed by atoms with Crippen LogP contribution in [0.5, 0.6) is 0 Å². The summed E-state index contributed by atoms with van der Waals surface area (Å²) >= 11 is 3.93. The lowest BCUT2D eigenvalue weighted by atomic mass is 9.67. The third-order valence-corrected chi connectivity index (χ3v) is 24.8. The van der Waals surface area contributed by atoms with Gasteiger partial charge in [-0.25, -0.2) is 0 Å². The second-order valence-electron chi connectivity index (χ2n) is 30.0. The van der Waals surface area contributed by atoms with Crippen LogP contribution >= 0.6 is 23.5 Å². The monoisotopic (exact) mass is 1330 g/mol. The predicted octanol–water partition coefficient (Wildman–Crippen LogP) is 24.4. The van der Waals surface area contributed by atoms with Crippen LogP contribution in [0.4, 0.5) is 34.1 Å². The SMILES string of the molecule is CCC1(CSc2ccc(C3(c4ccc(C(C)(C)C)cc4)c4ccccc4-c4ccc(N(c5ccccc5)c5ccc(-c6ccc(N(c7ccccc7)c7ccc8c(c7)C(c7ccc(SC9(CC)COC9)cc7)(c7ccc(C(C)(C)C)cc7)c7ccccc7-8)cc6)cc5)cc43)cc2)COC1. The Labute approximate surface area is 595 Å². The predicted molar refractivity (Wildman–Crippen MR) is 417 cm³/mol. The van der Waals surface area contributed by atoms with Gasteiger partial charge >= 0.3 is 0 Å². The van der Waals surface area contributed by atoms with Crippen LogP contribution in [0.15, 0.2) is 301 Å². The first-order valence-electron chi connectivity index (χ1n) is 35.4. The van der Waals surface area contributed by atoms with Crippen molar-refractivity contribution in [3.05, 3.63) is 347 Å². The molecule has 2 atom stereocenters. The van der Waals surface area contributed by atoms with Gasteiger partial charge in [-0.05, 0) is 210 Å². The minimum absolute atomic E-state index is 0.00856. The Balaban J connectivity index is 0.764. The number of rotatable bonds is 18. The first-order valence-corrected chi connectivity index (χ1v) is 37.2. The van der Waals surface area contributed by atoms with Crippen molar-refractivity contribution in [2.24, 2.45) is 5.41 Å². The van der Waals surface area contributed by atoms with Gasteiger partial charge in [0.2, 0.25) is 0 Å². The van der Waals surface area contributed by atoms with Gasteiger partial charge in [-0.15, -0.1) is 23.5 Å². The van der Waals surface area contributed by atoms with Crippen molar-refractivity contribution in [2.75, 3.05) is 42.0 Å². The molecule has 4 nitrogen and oxygen atoms in total. The van der Waals surface area contributed by atoms with Gasteiger partial charge in [-0.2, -0.15) is 0 Å². The summed E-state index contributed by atoms with van der Waals surface area (Å²) < 4.78 is 11.7. The minimum atomic E-state index is -0.593. The van der Waals surface area contributed by atoms with E-state index in [1.54, 1.807) is 0 Å². The van der Waals surface area contributed by atoms with Crippen LogP contribution in [0.1, 0.15) is 124 Å². The molecule has 2 saturated heterocycles. The van der Waals surface area contributed by atoms with Crippen molar-refractivity contribution in [3.8, 4) is 33.4 Å². The van der Waals surface area contributed by atoms with E-state index in [4.69, 9.17) is 9.47 Å². The maximum atomic E-state index is 5.78. The number of fused-ring (bicyclic) bond motifs is 6. The molecule has 0 N–H and O–H groups in total. The molecule has 16 rings (SSSR count). The molecular weight excluding hydrogens is 1240 g/mol. The average Bonchev–Trinajstić information content (AvgIpc) is 1.56. The zero-order valence-electron chi connectivity index (χ0n) is 58.2. The number of anilines is 6. The molecule has 6 heteroatoms. The third-order valence-electron chi connectivity index (χ3n) is 21.9. The van der Waals surface area contributed by atoms with E-state index in [1.165, 1.54) is 87.7 Å². The van der Waals surface area contributed by atoms with Crippen LogP contribution in [-0.2, 0) is 31.1 Å². The van der Waals surface area contributed by atoms with Crippen molar-refractivity contribution < 1.29 is 9.47 Å². The molecule has 99 heavy (non-hydrogen) atoms. The van der Waals surface area contributed by atoms with Crippen LogP contribution in [0.3, 0.4) is 0 Å². The molecular formula is C93H86N2O2S2. The largest absolute Gasteiger partial charge is 0.380 e. The summed E-state index contributed by atoms with van der Waals surface area (Å²) in [4.78, 5) is 7.43. The maximum Gasteiger partial charge on any atom is 0.0714 e. The van der Waals surface area contributed by atoms with Gasteiger partial charge in [-0.1, -0.05) is 250 Å². The summed E-state index contributed by atoms with van der Waals surface area (Å²) in [5.74, 6) is 1.06.